The first kappa shape index (κ1) is 14.6. The van der Waals surface area contributed by atoms with Crippen LogP contribution in [0.15, 0.2) is 24.3 Å². The maximum atomic E-state index is 12.9. The van der Waals surface area contributed by atoms with Crippen LogP contribution in [0.5, 0.6) is 0 Å². The van der Waals surface area contributed by atoms with Crippen molar-refractivity contribution in [1.29, 1.82) is 0 Å². The predicted molar refractivity (Wildman–Crippen MR) is 67.3 cm³/mol. The van der Waals surface area contributed by atoms with Gasteiger partial charge in [-0.3, -0.25) is 4.90 Å². The van der Waals surface area contributed by atoms with Gasteiger partial charge < -0.3 is 10.5 Å². The summed E-state index contributed by atoms with van der Waals surface area (Å²) in [6.45, 7) is 0.569. The molecule has 0 spiro atoms. The maximum Gasteiger partial charge on any atom is 0.418 e. The van der Waals surface area contributed by atoms with E-state index in [1.54, 1.807) is 0 Å². The highest BCUT2D eigenvalue weighted by molar-refractivity contribution is 5.90. The number of carbonyl (C=O) groups is 1. The van der Waals surface area contributed by atoms with Gasteiger partial charge in [0.05, 0.1) is 17.8 Å². The van der Waals surface area contributed by atoms with E-state index in [-0.39, 0.29) is 12.2 Å². The molecule has 0 bridgehead atoms. The quantitative estimate of drug-likeness (QED) is 0.927. The Morgan fingerprint density at radius 2 is 2.05 bits per heavy atom. The summed E-state index contributed by atoms with van der Waals surface area (Å²) in [5, 5.41) is 0. The molecule has 2 rings (SSSR count). The summed E-state index contributed by atoms with van der Waals surface area (Å²) >= 11 is 0. The van der Waals surface area contributed by atoms with Crippen LogP contribution < -0.4 is 10.6 Å². The Bertz CT molecular complexity index is 491. The van der Waals surface area contributed by atoms with Gasteiger partial charge in [-0.15, -0.1) is 0 Å². The largest absolute Gasteiger partial charge is 0.444 e. The van der Waals surface area contributed by atoms with Gasteiger partial charge in [0.1, 0.15) is 6.10 Å². The van der Waals surface area contributed by atoms with Crippen molar-refractivity contribution >= 4 is 11.8 Å². The summed E-state index contributed by atoms with van der Waals surface area (Å²) < 4.78 is 43.9. The molecule has 0 aliphatic carbocycles. The van der Waals surface area contributed by atoms with Crippen molar-refractivity contribution in [2.24, 2.45) is 5.73 Å². The van der Waals surface area contributed by atoms with Gasteiger partial charge in [0, 0.05) is 0 Å². The van der Waals surface area contributed by atoms with E-state index < -0.39 is 23.9 Å². The molecule has 1 atom stereocenters. The second-order valence-corrected chi connectivity index (χ2v) is 4.56. The SMILES string of the molecule is NCCCC1CN(c2ccccc2C(F)(F)F)C(=O)O1. The van der Waals surface area contributed by atoms with Gasteiger partial charge in [0.15, 0.2) is 0 Å². The monoisotopic (exact) mass is 288 g/mol. The van der Waals surface area contributed by atoms with E-state index in [0.717, 1.165) is 11.0 Å². The van der Waals surface area contributed by atoms with Gasteiger partial charge in [-0.05, 0) is 31.5 Å². The minimum absolute atomic E-state index is 0.117. The zero-order valence-corrected chi connectivity index (χ0v) is 10.7. The molecule has 1 unspecified atom stereocenters. The van der Waals surface area contributed by atoms with E-state index in [4.69, 9.17) is 10.5 Å². The zero-order valence-electron chi connectivity index (χ0n) is 10.7. The van der Waals surface area contributed by atoms with Crippen LogP contribution in [0.1, 0.15) is 18.4 Å². The summed E-state index contributed by atoms with van der Waals surface area (Å²) in [6.07, 6.45) is -4.46. The standard InChI is InChI=1S/C13H15F3N2O2/c14-13(15,16)10-5-1-2-6-11(10)18-8-9(4-3-7-17)20-12(18)19/h1-2,5-6,9H,3-4,7-8,17H2. The highest BCUT2D eigenvalue weighted by atomic mass is 19.4. The molecule has 1 heterocycles. The number of nitrogens with two attached hydrogens (primary N) is 1. The predicted octanol–water partition coefficient (Wildman–Crippen LogP) is 2.77. The van der Waals surface area contributed by atoms with Crippen LogP contribution in [0.3, 0.4) is 0 Å². The lowest BCUT2D eigenvalue weighted by molar-refractivity contribution is -0.137. The number of benzene rings is 1. The number of nitrogens with zero attached hydrogens (tertiary/aromatic N) is 1. The molecule has 1 amide bonds. The number of hydrogen-bond acceptors (Lipinski definition) is 3. The summed E-state index contributed by atoms with van der Waals surface area (Å²) in [5.74, 6) is 0. The van der Waals surface area contributed by atoms with Gasteiger partial charge in [0.25, 0.3) is 0 Å². The Balaban J connectivity index is 2.22. The molecule has 7 heteroatoms. The molecule has 0 radical (unpaired) electrons. The molecule has 20 heavy (non-hydrogen) atoms. The van der Waals surface area contributed by atoms with Crippen molar-refractivity contribution in [3.05, 3.63) is 29.8 Å². The number of alkyl halides is 3. The lowest BCUT2D eigenvalue weighted by atomic mass is 10.1. The molecule has 2 N–H and O–H groups in total. The molecular weight excluding hydrogens is 273 g/mol. The Labute approximate surface area is 114 Å². The van der Waals surface area contributed by atoms with Crippen molar-refractivity contribution < 1.29 is 22.7 Å². The molecule has 4 nitrogen and oxygen atoms in total. The number of rotatable bonds is 4. The number of carbonyl (C=O) groups excluding carboxylic acids is 1. The Morgan fingerprint density at radius 3 is 2.70 bits per heavy atom. The van der Waals surface area contributed by atoms with E-state index in [0.29, 0.717) is 19.4 Å². The first-order valence-electron chi connectivity index (χ1n) is 6.28. The highest BCUT2D eigenvalue weighted by Crippen LogP contribution is 2.37. The molecule has 110 valence electrons. The minimum Gasteiger partial charge on any atom is -0.444 e. The topological polar surface area (TPSA) is 55.6 Å². The minimum atomic E-state index is -4.51. The third-order valence-electron chi connectivity index (χ3n) is 3.10. The Kier molecular flexibility index (Phi) is 4.17. The van der Waals surface area contributed by atoms with Gasteiger partial charge in [-0.25, -0.2) is 4.79 Å². The molecule has 0 saturated carbocycles. The molecule has 1 aliphatic rings. The van der Waals surface area contributed by atoms with E-state index in [9.17, 15) is 18.0 Å². The fraction of sp³-hybridized carbons (Fsp3) is 0.462. The molecule has 1 aromatic rings. The number of para-hydroxylation sites is 1. The molecular formula is C13H15F3N2O2. The lowest BCUT2D eigenvalue weighted by Crippen LogP contribution is -2.27. The van der Waals surface area contributed by atoms with Crippen LogP contribution in [0.2, 0.25) is 0 Å². The Hall–Kier alpha value is -1.76. The van der Waals surface area contributed by atoms with Crippen LogP contribution in [-0.2, 0) is 10.9 Å². The summed E-state index contributed by atoms with van der Waals surface area (Å²) in [6, 6.07) is 4.98. The highest BCUT2D eigenvalue weighted by Gasteiger charge is 2.39. The first-order chi connectivity index (χ1) is 9.43. The number of anilines is 1. The average Bonchev–Trinajstić information content (AvgIpc) is 2.76. The number of hydrogen-bond donors (Lipinski definition) is 1. The smallest absolute Gasteiger partial charge is 0.418 e. The summed E-state index contributed by atoms with van der Waals surface area (Å²) in [4.78, 5) is 12.8. The average molecular weight is 288 g/mol. The van der Waals surface area contributed by atoms with Gasteiger partial charge in [-0.2, -0.15) is 13.2 Å². The molecule has 1 fully saturated rings. The second-order valence-electron chi connectivity index (χ2n) is 4.56. The van der Waals surface area contributed by atoms with Crippen molar-refractivity contribution in [3.63, 3.8) is 0 Å². The molecule has 1 saturated heterocycles. The number of ether oxygens (including phenoxy) is 1. The summed E-state index contributed by atoms with van der Waals surface area (Å²) in [5.41, 5.74) is 4.36. The first-order valence-corrected chi connectivity index (χ1v) is 6.28. The summed E-state index contributed by atoms with van der Waals surface area (Å²) in [7, 11) is 0. The lowest BCUT2D eigenvalue weighted by Gasteiger charge is -2.18. The molecule has 0 aromatic heterocycles. The maximum absolute atomic E-state index is 12.9. The third-order valence-corrected chi connectivity index (χ3v) is 3.10. The van der Waals surface area contributed by atoms with E-state index in [1.807, 2.05) is 0 Å². The van der Waals surface area contributed by atoms with Crippen LogP contribution in [0.25, 0.3) is 0 Å². The van der Waals surface area contributed by atoms with Gasteiger partial charge >= 0.3 is 12.3 Å². The number of amides is 1. The van der Waals surface area contributed by atoms with Crippen LogP contribution in [0, 0.1) is 0 Å². The van der Waals surface area contributed by atoms with E-state index in [1.165, 1.54) is 18.2 Å². The normalized spacial score (nSPS) is 19.3. The van der Waals surface area contributed by atoms with Crippen LogP contribution in [-0.4, -0.2) is 25.3 Å². The van der Waals surface area contributed by atoms with E-state index in [2.05, 4.69) is 0 Å². The van der Waals surface area contributed by atoms with Gasteiger partial charge in [-0.1, -0.05) is 12.1 Å². The van der Waals surface area contributed by atoms with E-state index >= 15 is 0 Å². The number of cyclic esters (lactones) is 1. The second kappa shape index (κ2) is 5.70. The molecule has 1 aliphatic heterocycles. The van der Waals surface area contributed by atoms with Crippen molar-refractivity contribution in [2.75, 3.05) is 18.0 Å². The molecule has 1 aromatic carbocycles. The van der Waals surface area contributed by atoms with Crippen molar-refractivity contribution in [2.45, 2.75) is 25.1 Å². The zero-order chi connectivity index (χ0) is 14.8. The Morgan fingerprint density at radius 1 is 1.35 bits per heavy atom. The number of halogens is 3. The van der Waals surface area contributed by atoms with Crippen LogP contribution in [0.4, 0.5) is 23.7 Å². The van der Waals surface area contributed by atoms with Crippen molar-refractivity contribution in [1.82, 2.24) is 0 Å². The fourth-order valence-corrected chi connectivity index (χ4v) is 2.16. The van der Waals surface area contributed by atoms with Gasteiger partial charge in [0.2, 0.25) is 0 Å². The van der Waals surface area contributed by atoms with Crippen molar-refractivity contribution in [3.8, 4) is 0 Å². The fourth-order valence-electron chi connectivity index (χ4n) is 2.16. The van der Waals surface area contributed by atoms with Crippen LogP contribution >= 0.6 is 0 Å². The third kappa shape index (κ3) is 3.04.